The molecule has 0 spiro atoms. The number of carbonyl (C=O) groups is 1. The van der Waals surface area contributed by atoms with E-state index in [1.807, 2.05) is 6.92 Å². The lowest BCUT2D eigenvalue weighted by Crippen LogP contribution is -2.32. The van der Waals surface area contributed by atoms with Crippen LogP contribution in [0.4, 0.5) is 5.69 Å². The molecule has 0 saturated heterocycles. The summed E-state index contributed by atoms with van der Waals surface area (Å²) in [6, 6.07) is 4.65. The first-order valence-corrected chi connectivity index (χ1v) is 6.29. The SMILES string of the molecule is CC(C)CCC(C)NC(=O)c1ccc(N)c(O)c1. The van der Waals surface area contributed by atoms with E-state index < -0.39 is 0 Å². The molecule has 4 nitrogen and oxygen atoms in total. The number of benzene rings is 1. The van der Waals surface area contributed by atoms with Crippen LogP contribution >= 0.6 is 0 Å². The second kappa shape index (κ2) is 6.28. The number of nitrogen functional groups attached to an aromatic ring is 1. The first-order valence-electron chi connectivity index (χ1n) is 6.29. The number of hydrogen-bond acceptors (Lipinski definition) is 3. The molecule has 18 heavy (non-hydrogen) atoms. The lowest BCUT2D eigenvalue weighted by atomic mass is 10.0. The number of nitrogens with two attached hydrogens (primary N) is 1. The first-order chi connectivity index (χ1) is 8.40. The first kappa shape index (κ1) is 14.4. The zero-order valence-electron chi connectivity index (χ0n) is 11.2. The molecule has 1 aromatic carbocycles. The van der Waals surface area contributed by atoms with Gasteiger partial charge in [0, 0.05) is 11.6 Å². The number of aromatic hydroxyl groups is 1. The van der Waals surface area contributed by atoms with Crippen LogP contribution in [0.2, 0.25) is 0 Å². The Morgan fingerprint density at radius 3 is 2.56 bits per heavy atom. The van der Waals surface area contributed by atoms with Crippen molar-refractivity contribution < 1.29 is 9.90 Å². The van der Waals surface area contributed by atoms with Gasteiger partial charge >= 0.3 is 0 Å². The van der Waals surface area contributed by atoms with Gasteiger partial charge in [0.05, 0.1) is 5.69 Å². The van der Waals surface area contributed by atoms with Crippen LogP contribution in [0.3, 0.4) is 0 Å². The van der Waals surface area contributed by atoms with E-state index in [0.29, 0.717) is 11.5 Å². The van der Waals surface area contributed by atoms with Crippen molar-refractivity contribution in [1.82, 2.24) is 5.32 Å². The topological polar surface area (TPSA) is 75.4 Å². The standard InChI is InChI=1S/C14H22N2O2/c1-9(2)4-5-10(3)16-14(18)11-6-7-12(15)13(17)8-11/h6-10,17H,4-5,15H2,1-3H3,(H,16,18). The lowest BCUT2D eigenvalue weighted by Gasteiger charge is -2.15. The Bertz CT molecular complexity index is 416. The van der Waals surface area contributed by atoms with E-state index in [1.54, 1.807) is 6.07 Å². The smallest absolute Gasteiger partial charge is 0.251 e. The van der Waals surface area contributed by atoms with Crippen molar-refractivity contribution in [2.24, 2.45) is 5.92 Å². The fraction of sp³-hybridized carbons (Fsp3) is 0.500. The minimum absolute atomic E-state index is 0.0579. The summed E-state index contributed by atoms with van der Waals surface area (Å²) in [5.74, 6) is 0.393. The average molecular weight is 250 g/mol. The largest absolute Gasteiger partial charge is 0.506 e. The zero-order chi connectivity index (χ0) is 13.7. The van der Waals surface area contributed by atoms with E-state index in [9.17, 15) is 9.90 Å². The fourth-order valence-electron chi connectivity index (χ4n) is 1.65. The van der Waals surface area contributed by atoms with Crippen LogP contribution < -0.4 is 11.1 Å². The number of rotatable bonds is 5. The van der Waals surface area contributed by atoms with Crippen molar-refractivity contribution >= 4 is 11.6 Å². The van der Waals surface area contributed by atoms with E-state index in [0.717, 1.165) is 12.8 Å². The molecule has 100 valence electrons. The number of amides is 1. The fourth-order valence-corrected chi connectivity index (χ4v) is 1.65. The molecule has 0 aliphatic heterocycles. The molecular weight excluding hydrogens is 228 g/mol. The van der Waals surface area contributed by atoms with Crippen LogP contribution in [-0.4, -0.2) is 17.1 Å². The molecular formula is C14H22N2O2. The molecule has 0 saturated carbocycles. The van der Waals surface area contributed by atoms with Crippen LogP contribution in [0.5, 0.6) is 5.75 Å². The molecule has 1 amide bonds. The quantitative estimate of drug-likeness (QED) is 0.555. The van der Waals surface area contributed by atoms with Gasteiger partial charge in [-0.3, -0.25) is 4.79 Å². The molecule has 0 bridgehead atoms. The predicted octanol–water partition coefficient (Wildman–Crippen LogP) is 2.53. The summed E-state index contributed by atoms with van der Waals surface area (Å²) in [7, 11) is 0. The van der Waals surface area contributed by atoms with Gasteiger partial charge in [-0.05, 0) is 43.9 Å². The molecule has 0 heterocycles. The van der Waals surface area contributed by atoms with Crippen molar-refractivity contribution in [3.05, 3.63) is 23.8 Å². The number of hydrogen-bond donors (Lipinski definition) is 3. The minimum Gasteiger partial charge on any atom is -0.506 e. The molecule has 1 aromatic rings. The van der Waals surface area contributed by atoms with Crippen molar-refractivity contribution in [1.29, 1.82) is 0 Å². The maximum Gasteiger partial charge on any atom is 0.251 e. The zero-order valence-corrected chi connectivity index (χ0v) is 11.2. The number of carbonyl (C=O) groups excluding carboxylic acids is 1. The van der Waals surface area contributed by atoms with Crippen LogP contribution in [0, 0.1) is 5.92 Å². The summed E-state index contributed by atoms with van der Waals surface area (Å²) >= 11 is 0. The van der Waals surface area contributed by atoms with Gasteiger partial charge in [-0.1, -0.05) is 13.8 Å². The number of anilines is 1. The number of phenols is 1. The summed E-state index contributed by atoms with van der Waals surface area (Å²) in [5, 5.41) is 12.4. The number of nitrogens with one attached hydrogen (secondary N) is 1. The third-order valence-corrected chi connectivity index (χ3v) is 2.85. The van der Waals surface area contributed by atoms with Gasteiger partial charge in [0.1, 0.15) is 5.75 Å². The van der Waals surface area contributed by atoms with Gasteiger partial charge in [0.15, 0.2) is 0 Å². The normalized spacial score (nSPS) is 12.4. The third kappa shape index (κ3) is 4.28. The van der Waals surface area contributed by atoms with E-state index in [1.165, 1.54) is 12.1 Å². The second-order valence-corrected chi connectivity index (χ2v) is 5.12. The van der Waals surface area contributed by atoms with E-state index >= 15 is 0 Å². The molecule has 0 aliphatic carbocycles. The Morgan fingerprint density at radius 1 is 1.33 bits per heavy atom. The third-order valence-electron chi connectivity index (χ3n) is 2.85. The molecule has 0 aliphatic rings. The highest BCUT2D eigenvalue weighted by molar-refractivity contribution is 5.95. The summed E-state index contributed by atoms with van der Waals surface area (Å²) < 4.78 is 0. The summed E-state index contributed by atoms with van der Waals surface area (Å²) in [4.78, 5) is 11.9. The van der Waals surface area contributed by atoms with Gasteiger partial charge in [-0.15, -0.1) is 0 Å². The van der Waals surface area contributed by atoms with Gasteiger partial charge in [0.25, 0.3) is 5.91 Å². The van der Waals surface area contributed by atoms with E-state index in [2.05, 4.69) is 19.2 Å². The Morgan fingerprint density at radius 2 is 2.00 bits per heavy atom. The Hall–Kier alpha value is -1.71. The Kier molecular flexibility index (Phi) is 5.01. The van der Waals surface area contributed by atoms with E-state index in [4.69, 9.17) is 5.73 Å². The average Bonchev–Trinajstić information content (AvgIpc) is 2.30. The summed E-state index contributed by atoms with van der Waals surface area (Å²) in [5.41, 5.74) is 6.20. The number of phenolic OH excluding ortho intramolecular Hbond substituents is 1. The van der Waals surface area contributed by atoms with Crippen LogP contribution in [-0.2, 0) is 0 Å². The van der Waals surface area contributed by atoms with Gasteiger partial charge in [-0.2, -0.15) is 0 Å². The second-order valence-electron chi connectivity index (χ2n) is 5.12. The minimum atomic E-state index is -0.179. The van der Waals surface area contributed by atoms with Gasteiger partial charge in [-0.25, -0.2) is 0 Å². The molecule has 0 radical (unpaired) electrons. The molecule has 4 heteroatoms. The maximum atomic E-state index is 11.9. The van der Waals surface area contributed by atoms with Crippen molar-refractivity contribution in [3.63, 3.8) is 0 Å². The van der Waals surface area contributed by atoms with Gasteiger partial charge in [0.2, 0.25) is 0 Å². The molecule has 1 unspecified atom stereocenters. The predicted molar refractivity (Wildman–Crippen MR) is 73.5 cm³/mol. The van der Waals surface area contributed by atoms with Crippen LogP contribution in [0.25, 0.3) is 0 Å². The van der Waals surface area contributed by atoms with Crippen molar-refractivity contribution in [3.8, 4) is 5.75 Å². The van der Waals surface area contributed by atoms with Crippen LogP contribution in [0.1, 0.15) is 44.0 Å². The summed E-state index contributed by atoms with van der Waals surface area (Å²) in [6.07, 6.45) is 2.03. The van der Waals surface area contributed by atoms with E-state index in [-0.39, 0.29) is 23.4 Å². The van der Waals surface area contributed by atoms with Crippen molar-refractivity contribution in [2.75, 3.05) is 5.73 Å². The monoisotopic (exact) mass is 250 g/mol. The maximum absolute atomic E-state index is 11.9. The Labute approximate surface area is 108 Å². The summed E-state index contributed by atoms with van der Waals surface area (Å²) in [6.45, 7) is 6.30. The Balaban J connectivity index is 2.56. The van der Waals surface area contributed by atoms with Gasteiger partial charge < -0.3 is 16.2 Å². The molecule has 1 atom stereocenters. The van der Waals surface area contributed by atoms with Crippen LogP contribution in [0.15, 0.2) is 18.2 Å². The van der Waals surface area contributed by atoms with Crippen molar-refractivity contribution in [2.45, 2.75) is 39.7 Å². The highest BCUT2D eigenvalue weighted by Crippen LogP contribution is 2.20. The molecule has 4 N–H and O–H groups in total. The molecule has 1 rings (SSSR count). The molecule has 0 fully saturated rings. The highest BCUT2D eigenvalue weighted by Gasteiger charge is 2.11. The lowest BCUT2D eigenvalue weighted by molar-refractivity contribution is 0.0937. The highest BCUT2D eigenvalue weighted by atomic mass is 16.3. The molecule has 0 aromatic heterocycles.